The fraction of sp³-hybridized carbons (Fsp3) is 0.294. The summed E-state index contributed by atoms with van der Waals surface area (Å²) < 4.78 is 3.49. The summed E-state index contributed by atoms with van der Waals surface area (Å²) in [6.07, 6.45) is 2.16. The lowest BCUT2D eigenvalue weighted by molar-refractivity contribution is 0.624. The predicted molar refractivity (Wildman–Crippen MR) is 88.4 cm³/mol. The van der Waals surface area contributed by atoms with Gasteiger partial charge in [0.15, 0.2) is 5.82 Å². The van der Waals surface area contributed by atoms with E-state index in [-0.39, 0.29) is 5.69 Å². The zero-order valence-corrected chi connectivity index (χ0v) is 13.2. The summed E-state index contributed by atoms with van der Waals surface area (Å²) in [5.41, 5.74) is 2.34. The normalized spacial score (nSPS) is 14.4. The lowest BCUT2D eigenvalue weighted by atomic mass is 10.1. The minimum absolute atomic E-state index is 0.00848. The Morgan fingerprint density at radius 3 is 2.73 bits per heavy atom. The van der Waals surface area contributed by atoms with Crippen molar-refractivity contribution >= 4 is 11.3 Å². The van der Waals surface area contributed by atoms with Crippen LogP contribution in [0.4, 0.5) is 0 Å². The van der Waals surface area contributed by atoms with Crippen LogP contribution in [0.3, 0.4) is 0 Å². The van der Waals surface area contributed by atoms with Gasteiger partial charge in [0, 0.05) is 6.04 Å². The second-order valence-corrected chi connectivity index (χ2v) is 6.72. The molecule has 0 bridgehead atoms. The Kier molecular flexibility index (Phi) is 3.22. The third kappa shape index (κ3) is 2.31. The van der Waals surface area contributed by atoms with Crippen LogP contribution >= 0.6 is 11.3 Å². The lowest BCUT2D eigenvalue weighted by Crippen LogP contribution is -2.25. The number of benzene rings is 1. The van der Waals surface area contributed by atoms with Crippen molar-refractivity contribution in [3.8, 4) is 10.7 Å². The van der Waals surface area contributed by atoms with Crippen LogP contribution in [0.5, 0.6) is 0 Å². The minimum atomic E-state index is 0.00848. The fourth-order valence-corrected chi connectivity index (χ4v) is 3.41. The number of nitrogens with zero attached hydrogens (tertiary/aromatic N) is 3. The van der Waals surface area contributed by atoms with E-state index in [0.29, 0.717) is 12.6 Å². The minimum Gasteiger partial charge on any atom is -0.271 e. The SMILES string of the molecule is Cc1ccccc1Cn1nc(-c2cccs2)n(C2CC2)c1=O. The molecule has 0 atom stereocenters. The Bertz CT molecular complexity index is 856. The topological polar surface area (TPSA) is 39.8 Å². The molecule has 1 aliphatic rings. The number of thiophene rings is 1. The summed E-state index contributed by atoms with van der Waals surface area (Å²) in [6, 6.07) is 12.5. The van der Waals surface area contributed by atoms with E-state index in [1.807, 2.05) is 34.2 Å². The van der Waals surface area contributed by atoms with Crippen molar-refractivity contribution < 1.29 is 0 Å². The highest BCUT2D eigenvalue weighted by Crippen LogP contribution is 2.37. The number of hydrogen-bond acceptors (Lipinski definition) is 3. The van der Waals surface area contributed by atoms with E-state index >= 15 is 0 Å². The zero-order valence-electron chi connectivity index (χ0n) is 12.4. The van der Waals surface area contributed by atoms with E-state index in [0.717, 1.165) is 29.1 Å². The molecule has 4 nitrogen and oxygen atoms in total. The standard InChI is InChI=1S/C17H17N3OS/c1-12-5-2-3-6-13(12)11-19-17(21)20(14-8-9-14)16(18-19)15-7-4-10-22-15/h2-7,10,14H,8-9,11H2,1H3. The van der Waals surface area contributed by atoms with Crippen molar-refractivity contribution in [2.45, 2.75) is 32.4 Å². The molecule has 5 heteroatoms. The van der Waals surface area contributed by atoms with Gasteiger partial charge in [0.25, 0.3) is 0 Å². The Hall–Kier alpha value is -2.14. The van der Waals surface area contributed by atoms with Crippen molar-refractivity contribution in [3.63, 3.8) is 0 Å². The van der Waals surface area contributed by atoms with Gasteiger partial charge in [-0.15, -0.1) is 16.4 Å². The van der Waals surface area contributed by atoms with Crippen LogP contribution in [0.25, 0.3) is 10.7 Å². The average Bonchev–Trinajstić information content (AvgIpc) is 3.09. The van der Waals surface area contributed by atoms with Gasteiger partial charge in [0.2, 0.25) is 0 Å². The molecule has 112 valence electrons. The molecule has 1 saturated carbocycles. The summed E-state index contributed by atoms with van der Waals surface area (Å²) in [7, 11) is 0. The van der Waals surface area contributed by atoms with Crippen molar-refractivity contribution in [2.24, 2.45) is 0 Å². The largest absolute Gasteiger partial charge is 0.346 e. The molecule has 0 unspecified atom stereocenters. The molecule has 2 aromatic heterocycles. The molecular formula is C17H17N3OS. The van der Waals surface area contributed by atoms with Gasteiger partial charge >= 0.3 is 5.69 Å². The van der Waals surface area contributed by atoms with Crippen LogP contribution in [-0.4, -0.2) is 14.3 Å². The van der Waals surface area contributed by atoms with Gasteiger partial charge in [0.05, 0.1) is 11.4 Å². The summed E-state index contributed by atoms with van der Waals surface area (Å²) in [4.78, 5) is 13.8. The Morgan fingerprint density at radius 2 is 2.05 bits per heavy atom. The Balaban J connectivity index is 1.79. The highest BCUT2D eigenvalue weighted by molar-refractivity contribution is 7.13. The maximum absolute atomic E-state index is 12.8. The van der Waals surface area contributed by atoms with Crippen molar-refractivity contribution in [2.75, 3.05) is 0 Å². The van der Waals surface area contributed by atoms with Gasteiger partial charge in [-0.2, -0.15) is 0 Å². The quantitative estimate of drug-likeness (QED) is 0.740. The van der Waals surface area contributed by atoms with Crippen LogP contribution in [0.2, 0.25) is 0 Å². The first-order valence-electron chi connectivity index (χ1n) is 7.52. The summed E-state index contributed by atoms with van der Waals surface area (Å²) in [6.45, 7) is 2.60. The van der Waals surface area contributed by atoms with Gasteiger partial charge in [-0.1, -0.05) is 30.3 Å². The molecule has 0 radical (unpaired) electrons. The molecule has 4 rings (SSSR count). The average molecular weight is 311 g/mol. The van der Waals surface area contributed by atoms with Crippen molar-refractivity contribution in [1.82, 2.24) is 14.3 Å². The first-order chi connectivity index (χ1) is 10.7. The Morgan fingerprint density at radius 1 is 1.23 bits per heavy atom. The Labute approximate surface area is 132 Å². The van der Waals surface area contributed by atoms with E-state index in [9.17, 15) is 4.79 Å². The summed E-state index contributed by atoms with van der Waals surface area (Å²) in [5.74, 6) is 0.816. The molecule has 1 aliphatic carbocycles. The van der Waals surface area contributed by atoms with E-state index in [1.165, 1.54) is 5.56 Å². The van der Waals surface area contributed by atoms with Crippen LogP contribution in [0.15, 0.2) is 46.6 Å². The monoisotopic (exact) mass is 311 g/mol. The molecule has 0 amide bonds. The van der Waals surface area contributed by atoms with Gasteiger partial charge in [0.1, 0.15) is 0 Å². The van der Waals surface area contributed by atoms with Gasteiger partial charge in [-0.3, -0.25) is 4.57 Å². The molecule has 2 heterocycles. The molecular weight excluding hydrogens is 294 g/mol. The number of rotatable bonds is 4. The second kappa shape index (κ2) is 5.25. The smallest absolute Gasteiger partial charge is 0.271 e. The molecule has 0 aliphatic heterocycles. The first kappa shape index (κ1) is 13.5. The van der Waals surface area contributed by atoms with Crippen LogP contribution < -0.4 is 5.69 Å². The van der Waals surface area contributed by atoms with E-state index < -0.39 is 0 Å². The molecule has 0 N–H and O–H groups in total. The summed E-state index contributed by atoms with van der Waals surface area (Å²) in [5, 5.41) is 6.65. The van der Waals surface area contributed by atoms with Crippen LogP contribution in [0, 0.1) is 6.92 Å². The lowest BCUT2D eigenvalue weighted by Gasteiger charge is -2.04. The number of aromatic nitrogens is 3. The van der Waals surface area contributed by atoms with Crippen molar-refractivity contribution in [3.05, 3.63) is 63.4 Å². The maximum Gasteiger partial charge on any atom is 0.346 e. The number of aryl methyl sites for hydroxylation is 1. The molecule has 22 heavy (non-hydrogen) atoms. The third-order valence-corrected chi connectivity index (χ3v) is 4.97. The maximum atomic E-state index is 12.8. The molecule has 3 aromatic rings. The fourth-order valence-electron chi connectivity index (χ4n) is 2.71. The van der Waals surface area contributed by atoms with Crippen molar-refractivity contribution in [1.29, 1.82) is 0 Å². The highest BCUT2D eigenvalue weighted by Gasteiger charge is 2.30. The van der Waals surface area contributed by atoms with Gasteiger partial charge < -0.3 is 0 Å². The van der Waals surface area contributed by atoms with E-state index in [2.05, 4.69) is 24.2 Å². The third-order valence-electron chi connectivity index (χ3n) is 4.11. The molecule has 0 spiro atoms. The summed E-state index contributed by atoms with van der Waals surface area (Å²) >= 11 is 1.63. The first-order valence-corrected chi connectivity index (χ1v) is 8.40. The highest BCUT2D eigenvalue weighted by atomic mass is 32.1. The van der Waals surface area contributed by atoms with E-state index in [1.54, 1.807) is 16.0 Å². The molecule has 1 aromatic carbocycles. The van der Waals surface area contributed by atoms with E-state index in [4.69, 9.17) is 0 Å². The van der Waals surface area contributed by atoms with Crippen LogP contribution in [0.1, 0.15) is 30.0 Å². The van der Waals surface area contributed by atoms with Gasteiger partial charge in [-0.25, -0.2) is 9.48 Å². The van der Waals surface area contributed by atoms with Crippen LogP contribution in [-0.2, 0) is 6.54 Å². The number of hydrogen-bond donors (Lipinski definition) is 0. The molecule has 1 fully saturated rings. The molecule has 0 saturated heterocycles. The second-order valence-electron chi connectivity index (χ2n) is 5.77. The predicted octanol–water partition coefficient (Wildman–Crippen LogP) is 3.46. The zero-order chi connectivity index (χ0) is 15.1. The van der Waals surface area contributed by atoms with Gasteiger partial charge in [-0.05, 0) is 42.3 Å².